The summed E-state index contributed by atoms with van der Waals surface area (Å²) in [6.07, 6.45) is 6.58. The molecule has 2 aliphatic heterocycles. The molecular weight excluding hydrogens is 364 g/mol. The highest BCUT2D eigenvalue weighted by molar-refractivity contribution is 5.93. The molecule has 0 saturated carbocycles. The molecule has 1 atom stereocenters. The molecule has 0 radical (unpaired) electrons. The Morgan fingerprint density at radius 2 is 2.17 bits per heavy atom. The van der Waals surface area contributed by atoms with Crippen molar-refractivity contribution in [2.45, 2.75) is 64.6 Å². The van der Waals surface area contributed by atoms with E-state index in [1.807, 2.05) is 4.90 Å². The highest BCUT2D eigenvalue weighted by Gasteiger charge is 2.30. The molecule has 29 heavy (non-hydrogen) atoms. The predicted molar refractivity (Wildman–Crippen MR) is 113 cm³/mol. The van der Waals surface area contributed by atoms with Gasteiger partial charge in [0.1, 0.15) is 0 Å². The van der Waals surface area contributed by atoms with Crippen LogP contribution in [-0.2, 0) is 24.9 Å². The van der Waals surface area contributed by atoms with Gasteiger partial charge in [0, 0.05) is 25.3 Å². The number of nitrogens with zero attached hydrogens (tertiary/aromatic N) is 3. The lowest BCUT2D eigenvalue weighted by Crippen LogP contribution is -2.37. The highest BCUT2D eigenvalue weighted by Crippen LogP contribution is 2.36. The van der Waals surface area contributed by atoms with Crippen LogP contribution in [0.25, 0.3) is 0 Å². The van der Waals surface area contributed by atoms with Gasteiger partial charge in [-0.15, -0.1) is 0 Å². The van der Waals surface area contributed by atoms with Crippen LogP contribution in [0.15, 0.2) is 24.5 Å². The van der Waals surface area contributed by atoms with Gasteiger partial charge in [0.2, 0.25) is 0 Å². The molecule has 6 nitrogen and oxygen atoms in total. The summed E-state index contributed by atoms with van der Waals surface area (Å²) in [4.78, 5) is 15.0. The average molecular weight is 397 g/mol. The van der Waals surface area contributed by atoms with Crippen molar-refractivity contribution < 1.29 is 9.90 Å². The number of rotatable bonds is 4. The Labute approximate surface area is 172 Å². The Balaban J connectivity index is 1.64. The van der Waals surface area contributed by atoms with Crippen molar-refractivity contribution in [2.24, 2.45) is 0 Å². The fourth-order valence-corrected chi connectivity index (χ4v) is 4.45. The quantitative estimate of drug-likeness (QED) is 0.834. The van der Waals surface area contributed by atoms with Gasteiger partial charge in [0.15, 0.2) is 0 Å². The monoisotopic (exact) mass is 396 g/mol. The molecule has 2 aliphatic rings. The van der Waals surface area contributed by atoms with Crippen molar-refractivity contribution in [3.63, 3.8) is 0 Å². The van der Waals surface area contributed by atoms with Crippen LogP contribution in [0.1, 0.15) is 72.3 Å². The van der Waals surface area contributed by atoms with Crippen LogP contribution in [0.5, 0.6) is 0 Å². The van der Waals surface area contributed by atoms with Crippen LogP contribution in [0.3, 0.4) is 0 Å². The number of benzene rings is 1. The molecule has 2 N–H and O–H groups in total. The summed E-state index contributed by atoms with van der Waals surface area (Å²) in [7, 11) is 0. The lowest BCUT2D eigenvalue weighted by Gasteiger charge is -2.33. The van der Waals surface area contributed by atoms with Crippen molar-refractivity contribution in [1.82, 2.24) is 20.0 Å². The number of amides is 1. The molecule has 1 aromatic heterocycles. The summed E-state index contributed by atoms with van der Waals surface area (Å²) < 4.78 is 1.62. The van der Waals surface area contributed by atoms with E-state index >= 15 is 0 Å². The summed E-state index contributed by atoms with van der Waals surface area (Å²) >= 11 is 0. The van der Waals surface area contributed by atoms with Gasteiger partial charge in [0.05, 0.1) is 24.9 Å². The molecule has 3 heterocycles. The fraction of sp³-hybridized carbons (Fsp3) is 0.565. The standard InChI is InChI=1S/C23H32N4O2/c1-23(2,3)18-11-16-6-8-26(22(29)17-13-25-27(14-17)9-10-28)15-20(16)19(12-18)21-5-4-7-24-21/h11-14,21,24,28H,4-10,15H2,1-3H3/t21-/m0/s1. The van der Waals surface area contributed by atoms with Crippen LogP contribution in [0.2, 0.25) is 0 Å². The maximum atomic E-state index is 13.1. The van der Waals surface area contributed by atoms with Crippen LogP contribution in [0, 0.1) is 0 Å². The first-order valence-electron chi connectivity index (χ1n) is 10.7. The van der Waals surface area contributed by atoms with Gasteiger partial charge in [0.25, 0.3) is 5.91 Å². The zero-order chi connectivity index (χ0) is 20.6. The Hall–Kier alpha value is -2.18. The van der Waals surface area contributed by atoms with Crippen molar-refractivity contribution >= 4 is 5.91 Å². The van der Waals surface area contributed by atoms with Crippen LogP contribution in [0.4, 0.5) is 0 Å². The first-order chi connectivity index (χ1) is 13.9. The number of carbonyl (C=O) groups is 1. The minimum atomic E-state index is 0.0141. The molecule has 0 bridgehead atoms. The zero-order valence-electron chi connectivity index (χ0n) is 17.7. The van der Waals surface area contributed by atoms with E-state index in [9.17, 15) is 4.79 Å². The SMILES string of the molecule is CC(C)(C)c1cc2c(c([C@@H]3CCCN3)c1)CN(C(=O)c1cnn(CCO)c1)CC2. The predicted octanol–water partition coefficient (Wildman–Crippen LogP) is 2.80. The molecule has 156 valence electrons. The van der Waals surface area contributed by atoms with Crippen LogP contribution in [-0.4, -0.2) is 45.4 Å². The zero-order valence-corrected chi connectivity index (χ0v) is 17.7. The topological polar surface area (TPSA) is 70.4 Å². The molecule has 0 aliphatic carbocycles. The largest absolute Gasteiger partial charge is 0.394 e. The molecule has 1 amide bonds. The Morgan fingerprint density at radius 3 is 2.86 bits per heavy atom. The first-order valence-corrected chi connectivity index (χ1v) is 10.7. The fourth-order valence-electron chi connectivity index (χ4n) is 4.45. The van der Waals surface area contributed by atoms with Crippen molar-refractivity contribution in [2.75, 3.05) is 19.7 Å². The van der Waals surface area contributed by atoms with E-state index in [0.29, 0.717) is 24.7 Å². The molecule has 1 aromatic carbocycles. The first kappa shape index (κ1) is 20.1. The number of aliphatic hydroxyl groups excluding tert-OH is 1. The number of fused-ring (bicyclic) bond motifs is 1. The smallest absolute Gasteiger partial charge is 0.257 e. The van der Waals surface area contributed by atoms with Gasteiger partial charge in [-0.05, 0) is 53.5 Å². The molecule has 1 saturated heterocycles. The van der Waals surface area contributed by atoms with E-state index in [1.54, 1.807) is 17.1 Å². The lowest BCUT2D eigenvalue weighted by molar-refractivity contribution is 0.0733. The van der Waals surface area contributed by atoms with Crippen molar-refractivity contribution in [1.29, 1.82) is 0 Å². The third-order valence-electron chi connectivity index (χ3n) is 6.18. The van der Waals surface area contributed by atoms with E-state index in [1.165, 1.54) is 28.7 Å². The maximum absolute atomic E-state index is 13.1. The second-order valence-corrected chi connectivity index (χ2v) is 9.29. The normalized spacial score (nSPS) is 19.4. The minimum Gasteiger partial charge on any atom is -0.394 e. The number of aliphatic hydroxyl groups is 1. The van der Waals surface area contributed by atoms with Crippen LogP contribution >= 0.6 is 0 Å². The van der Waals surface area contributed by atoms with E-state index < -0.39 is 0 Å². The number of aromatic nitrogens is 2. The summed E-state index contributed by atoms with van der Waals surface area (Å²) in [5.41, 5.74) is 6.16. The van der Waals surface area contributed by atoms with Gasteiger partial charge >= 0.3 is 0 Å². The van der Waals surface area contributed by atoms with Gasteiger partial charge in [-0.2, -0.15) is 5.10 Å². The molecule has 6 heteroatoms. The second kappa shape index (κ2) is 7.92. The number of carbonyl (C=O) groups excluding carboxylic acids is 1. The molecule has 1 fully saturated rings. The van der Waals surface area contributed by atoms with Gasteiger partial charge in [-0.25, -0.2) is 0 Å². The third-order valence-corrected chi connectivity index (χ3v) is 6.18. The van der Waals surface area contributed by atoms with Crippen molar-refractivity contribution in [3.05, 3.63) is 52.3 Å². The molecular formula is C23H32N4O2. The lowest BCUT2D eigenvalue weighted by atomic mass is 9.80. The number of hydrogen-bond acceptors (Lipinski definition) is 4. The van der Waals surface area contributed by atoms with Gasteiger partial charge in [-0.3, -0.25) is 9.48 Å². The maximum Gasteiger partial charge on any atom is 0.257 e. The number of hydrogen-bond donors (Lipinski definition) is 2. The molecule has 2 aromatic rings. The van der Waals surface area contributed by atoms with Gasteiger partial charge in [-0.1, -0.05) is 32.9 Å². The second-order valence-electron chi connectivity index (χ2n) is 9.29. The van der Waals surface area contributed by atoms with Gasteiger partial charge < -0.3 is 15.3 Å². The molecule has 0 spiro atoms. The molecule has 4 rings (SSSR count). The Kier molecular flexibility index (Phi) is 5.49. The Bertz CT molecular complexity index is 891. The Morgan fingerprint density at radius 1 is 1.34 bits per heavy atom. The summed E-state index contributed by atoms with van der Waals surface area (Å²) in [5.74, 6) is 0.0186. The van der Waals surface area contributed by atoms with Crippen LogP contribution < -0.4 is 5.32 Å². The van der Waals surface area contributed by atoms with E-state index in [0.717, 1.165) is 25.9 Å². The average Bonchev–Trinajstić information content (AvgIpc) is 3.38. The molecule has 0 unspecified atom stereocenters. The summed E-state index contributed by atoms with van der Waals surface area (Å²) in [6.45, 7) is 9.66. The summed E-state index contributed by atoms with van der Waals surface area (Å²) in [5, 5.41) is 16.9. The van der Waals surface area contributed by atoms with E-state index in [2.05, 4.69) is 43.3 Å². The van der Waals surface area contributed by atoms with E-state index in [-0.39, 0.29) is 17.9 Å². The third kappa shape index (κ3) is 4.09. The van der Waals surface area contributed by atoms with Crippen molar-refractivity contribution in [3.8, 4) is 0 Å². The highest BCUT2D eigenvalue weighted by atomic mass is 16.3. The minimum absolute atomic E-state index is 0.0141. The number of nitrogens with one attached hydrogen (secondary N) is 1. The van der Waals surface area contributed by atoms with E-state index in [4.69, 9.17) is 5.11 Å². The summed E-state index contributed by atoms with van der Waals surface area (Å²) in [6, 6.07) is 5.11.